The van der Waals surface area contributed by atoms with Crippen molar-refractivity contribution in [3.8, 4) is 5.75 Å². The first kappa shape index (κ1) is 4.65. The molecule has 0 aliphatic carbocycles. The minimum Gasteiger partial charge on any atom is -0.497 e. The fourth-order valence-corrected chi connectivity index (χ4v) is 1.70. The van der Waals surface area contributed by atoms with E-state index < -0.39 is 27.0 Å². The zero-order valence-corrected chi connectivity index (χ0v) is 9.40. The summed E-state index contributed by atoms with van der Waals surface area (Å²) < 4.78 is 81.2. The van der Waals surface area contributed by atoms with Gasteiger partial charge in [0.1, 0.15) is 5.75 Å². The first-order valence-electron chi connectivity index (χ1n) is 10.1. The van der Waals surface area contributed by atoms with Gasteiger partial charge in [0.25, 0.3) is 0 Å². The van der Waals surface area contributed by atoms with Gasteiger partial charge in [-0.05, 0) is 45.1 Å². The highest BCUT2D eigenvalue weighted by Crippen LogP contribution is 2.22. The number of nitrogens with zero attached hydrogens (tertiary/aromatic N) is 2. The predicted octanol–water partition coefficient (Wildman–Crippen LogP) is 2.60. The van der Waals surface area contributed by atoms with Crippen LogP contribution in [0.25, 0.3) is 10.9 Å². The summed E-state index contributed by atoms with van der Waals surface area (Å²) in [5.74, 6) is 0.139. The number of hydrogen-bond acceptors (Lipinski definition) is 2. The Morgan fingerprint density at radius 2 is 2.35 bits per heavy atom. The maximum absolute atomic E-state index is 8.39. The Kier molecular flexibility index (Phi) is 1.31. The molecule has 0 saturated heterocycles. The monoisotopic (exact) mass is 242 g/mol. The molecule has 0 spiro atoms. The summed E-state index contributed by atoms with van der Waals surface area (Å²) in [5, 5.41) is 0.613. The fraction of sp³-hybridized carbons (Fsp3) is 0.429. The minimum atomic E-state index is -2.98. The molecule has 0 fully saturated rings. The van der Waals surface area contributed by atoms with Crippen LogP contribution in [0.15, 0.2) is 30.5 Å². The quantitative estimate of drug-likeness (QED) is 0.820. The highest BCUT2D eigenvalue weighted by molar-refractivity contribution is 5.81. The first-order valence-corrected chi connectivity index (χ1v) is 5.09. The molecule has 0 saturated carbocycles. The van der Waals surface area contributed by atoms with E-state index in [0.29, 0.717) is 10.9 Å². The van der Waals surface area contributed by atoms with Crippen LogP contribution in [0.3, 0.4) is 0 Å². The van der Waals surface area contributed by atoms with E-state index in [2.05, 4.69) is 0 Å². The fourth-order valence-electron chi connectivity index (χ4n) is 1.70. The smallest absolute Gasteiger partial charge is 0.119 e. The second-order valence-corrected chi connectivity index (χ2v) is 3.84. The third-order valence-corrected chi connectivity index (χ3v) is 2.64. The van der Waals surface area contributed by atoms with Crippen molar-refractivity contribution in [2.75, 3.05) is 21.0 Å². The van der Waals surface area contributed by atoms with E-state index in [-0.39, 0.29) is 17.2 Å². The van der Waals surface area contributed by atoms with Gasteiger partial charge in [-0.25, -0.2) is 0 Å². The molecule has 2 aromatic rings. The van der Waals surface area contributed by atoms with Gasteiger partial charge in [-0.3, -0.25) is 0 Å². The summed E-state index contributed by atoms with van der Waals surface area (Å²) >= 11 is 0. The summed E-state index contributed by atoms with van der Waals surface area (Å²) in [4.78, 5) is 0.227. The maximum atomic E-state index is 8.39. The van der Waals surface area contributed by atoms with Gasteiger partial charge in [0.05, 0.1) is 11.2 Å². The number of ether oxygens (including phenoxy) is 1. The number of hydrogen-bond donors (Lipinski definition) is 0. The lowest BCUT2D eigenvalue weighted by molar-refractivity contribution is 0.286. The molecule has 92 valence electrons. The first-order chi connectivity index (χ1) is 12.0. The largest absolute Gasteiger partial charge is 0.497 e. The lowest BCUT2D eigenvalue weighted by atomic mass is 10.2. The van der Waals surface area contributed by atoms with Crippen molar-refractivity contribution in [1.29, 1.82) is 0 Å². The average molecular weight is 242 g/mol. The SMILES string of the molecule is [2H]C([2H])([2H])Oc1ccc2c(ccn2C[C@@]([2H])(C)N(C([2H])([2H])[2H])C([2H])([2H])[2H])c1. The third-order valence-electron chi connectivity index (χ3n) is 2.64. The Bertz CT molecular complexity index is 789. The summed E-state index contributed by atoms with van der Waals surface area (Å²) in [6.45, 7) is -4.96. The molecule has 1 aromatic carbocycles. The van der Waals surface area contributed by atoms with Crippen molar-refractivity contribution in [1.82, 2.24) is 9.47 Å². The zero-order chi connectivity index (χ0) is 20.8. The highest BCUT2D eigenvalue weighted by atomic mass is 16.5. The summed E-state index contributed by atoms with van der Waals surface area (Å²) in [5.41, 5.74) is 0.586. The second-order valence-electron chi connectivity index (χ2n) is 3.84. The maximum Gasteiger partial charge on any atom is 0.119 e. The molecule has 3 nitrogen and oxygen atoms in total. The number of rotatable bonds is 4. The van der Waals surface area contributed by atoms with E-state index in [0.717, 1.165) is 0 Å². The lowest BCUT2D eigenvalue weighted by Gasteiger charge is -2.20. The highest BCUT2D eigenvalue weighted by Gasteiger charge is 2.08. The van der Waals surface area contributed by atoms with Gasteiger partial charge in [0.15, 0.2) is 0 Å². The minimum absolute atomic E-state index is 0.139. The topological polar surface area (TPSA) is 17.4 Å². The van der Waals surface area contributed by atoms with Crippen LogP contribution < -0.4 is 4.74 Å². The van der Waals surface area contributed by atoms with Crippen LogP contribution in [0, 0.1) is 0 Å². The third kappa shape index (κ3) is 2.44. The molecule has 0 amide bonds. The summed E-state index contributed by atoms with van der Waals surface area (Å²) in [7, 11) is -2.59. The van der Waals surface area contributed by atoms with E-state index in [9.17, 15) is 0 Å². The van der Waals surface area contributed by atoms with Crippen LogP contribution in [-0.2, 0) is 6.54 Å². The lowest BCUT2D eigenvalue weighted by Crippen LogP contribution is -2.28. The molecule has 0 N–H and O–H groups in total. The molecular formula is C14H20N2O. The number of aromatic nitrogens is 1. The molecule has 1 heterocycles. The van der Waals surface area contributed by atoms with E-state index >= 15 is 0 Å². The molecule has 17 heavy (non-hydrogen) atoms. The molecule has 2 rings (SSSR count). The zero-order valence-electron chi connectivity index (χ0n) is 19.4. The van der Waals surface area contributed by atoms with Gasteiger partial charge >= 0.3 is 0 Å². The van der Waals surface area contributed by atoms with Gasteiger partial charge in [-0.15, -0.1) is 0 Å². The Balaban J connectivity index is 2.37. The number of fused-ring (bicyclic) bond motifs is 1. The molecular weight excluding hydrogens is 212 g/mol. The van der Waals surface area contributed by atoms with Crippen molar-refractivity contribution >= 4 is 10.9 Å². The van der Waals surface area contributed by atoms with E-state index in [1.54, 1.807) is 22.9 Å². The molecule has 0 bridgehead atoms. The Morgan fingerprint density at radius 1 is 1.47 bits per heavy atom. The van der Waals surface area contributed by atoms with Crippen LogP contribution >= 0.6 is 0 Å². The molecule has 0 aliphatic rings. The van der Waals surface area contributed by atoms with Crippen molar-refractivity contribution in [3.63, 3.8) is 0 Å². The van der Waals surface area contributed by atoms with Crippen molar-refractivity contribution in [3.05, 3.63) is 30.5 Å². The van der Waals surface area contributed by atoms with Gasteiger partial charge in [0, 0.05) is 39.3 Å². The number of methoxy groups -OCH3 is 1. The molecule has 1 aromatic heterocycles. The number of likely N-dealkylation sites (N-methyl/N-ethyl adjacent to an activating group) is 1. The standard InChI is InChI=1S/C14H20N2O/c1-11(15(2)3)10-16-8-7-12-9-13(17-4)5-6-14(12)16/h5-9,11H,10H2,1-4H3/t11-/m1/s1/i2D3,3D3,4D3,11D. The van der Waals surface area contributed by atoms with Crippen LogP contribution in [0.2, 0.25) is 0 Å². The molecule has 0 aliphatic heterocycles. The van der Waals surface area contributed by atoms with Crippen LogP contribution in [0.1, 0.15) is 20.6 Å². The van der Waals surface area contributed by atoms with Crippen molar-refractivity contribution in [2.24, 2.45) is 0 Å². The summed E-state index contributed by atoms with van der Waals surface area (Å²) in [6, 6.07) is 4.20. The van der Waals surface area contributed by atoms with Crippen LogP contribution in [0.4, 0.5) is 0 Å². The van der Waals surface area contributed by atoms with E-state index in [1.165, 1.54) is 19.1 Å². The van der Waals surface area contributed by atoms with Gasteiger partial charge in [-0.1, -0.05) is 0 Å². The van der Waals surface area contributed by atoms with E-state index in [1.807, 2.05) is 0 Å². The molecule has 0 radical (unpaired) electrons. The molecule has 3 heteroatoms. The normalized spacial score (nSPS) is 26.0. The predicted molar refractivity (Wildman–Crippen MR) is 71.6 cm³/mol. The average Bonchev–Trinajstić information content (AvgIpc) is 2.74. The Hall–Kier alpha value is -1.48. The number of benzene rings is 1. The van der Waals surface area contributed by atoms with Crippen LogP contribution in [-0.4, -0.2) is 36.5 Å². The summed E-state index contributed by atoms with van der Waals surface area (Å²) in [6.07, 6.45) is 1.58. The van der Waals surface area contributed by atoms with Crippen molar-refractivity contribution in [2.45, 2.75) is 19.5 Å². The van der Waals surface area contributed by atoms with Gasteiger partial charge in [-0.2, -0.15) is 0 Å². The molecule has 0 unspecified atom stereocenters. The Morgan fingerprint density at radius 3 is 3.12 bits per heavy atom. The Labute approximate surface area is 117 Å². The van der Waals surface area contributed by atoms with Gasteiger partial charge in [0.2, 0.25) is 0 Å². The van der Waals surface area contributed by atoms with E-state index in [4.69, 9.17) is 18.4 Å². The molecule has 1 atom stereocenters. The van der Waals surface area contributed by atoms with Crippen LogP contribution in [0.5, 0.6) is 5.75 Å². The van der Waals surface area contributed by atoms with Gasteiger partial charge < -0.3 is 14.2 Å². The van der Waals surface area contributed by atoms with Crippen molar-refractivity contribution < 1.29 is 18.4 Å². The second kappa shape index (κ2) is 4.80.